The molecule has 0 amide bonds. The molecular formula is C26H23NO. The Hall–Kier alpha value is -3.10. The van der Waals surface area contributed by atoms with Gasteiger partial charge in [-0.2, -0.15) is 0 Å². The molecule has 0 atom stereocenters. The topological polar surface area (TPSA) is 12.5 Å². The van der Waals surface area contributed by atoms with Crippen LogP contribution in [0.25, 0.3) is 33.0 Å². The van der Waals surface area contributed by atoms with Crippen molar-refractivity contribution in [2.45, 2.75) is 0 Å². The molecule has 138 valence electrons. The Kier molecular flexibility index (Phi) is 4.56. The maximum atomic E-state index is 5.58. The highest BCUT2D eigenvalue weighted by Gasteiger charge is 2.18. The fourth-order valence-corrected chi connectivity index (χ4v) is 4.10. The van der Waals surface area contributed by atoms with Gasteiger partial charge in [0.05, 0.1) is 13.2 Å². The van der Waals surface area contributed by atoms with Crippen molar-refractivity contribution < 1.29 is 4.74 Å². The number of nitrogens with zero attached hydrogens (tertiary/aromatic N) is 1. The molecule has 2 heteroatoms. The first-order valence-electron chi connectivity index (χ1n) is 9.90. The molecule has 1 aliphatic rings. The zero-order chi connectivity index (χ0) is 18.8. The van der Waals surface area contributed by atoms with Gasteiger partial charge < -0.3 is 9.64 Å². The normalized spacial score (nSPS) is 14.4. The summed E-state index contributed by atoms with van der Waals surface area (Å²) in [6, 6.07) is 32.8. The van der Waals surface area contributed by atoms with Gasteiger partial charge in [0.1, 0.15) is 0 Å². The van der Waals surface area contributed by atoms with E-state index >= 15 is 0 Å². The van der Waals surface area contributed by atoms with E-state index in [4.69, 9.17) is 4.74 Å². The van der Waals surface area contributed by atoms with Crippen LogP contribution < -0.4 is 4.90 Å². The number of morpholine rings is 1. The van der Waals surface area contributed by atoms with Gasteiger partial charge in [0, 0.05) is 24.3 Å². The zero-order valence-electron chi connectivity index (χ0n) is 15.8. The first-order chi connectivity index (χ1) is 13.9. The standard InChI is InChI=1S/C26H23NO/c1-2-8-20(9-3-1)24-18-21-10-4-5-11-22(21)19-25(24)23-12-6-7-13-26(23)27-14-16-28-17-15-27/h1-13,18-19H,14-17H2. The number of rotatable bonds is 3. The Morgan fingerprint density at radius 3 is 1.93 bits per heavy atom. The van der Waals surface area contributed by atoms with E-state index in [9.17, 15) is 0 Å². The van der Waals surface area contributed by atoms with Crippen LogP contribution in [0.3, 0.4) is 0 Å². The quantitative estimate of drug-likeness (QED) is 0.441. The van der Waals surface area contributed by atoms with Crippen molar-refractivity contribution in [1.82, 2.24) is 0 Å². The van der Waals surface area contributed by atoms with Crippen LogP contribution in [0.2, 0.25) is 0 Å². The third-order valence-electron chi connectivity index (χ3n) is 5.52. The zero-order valence-corrected chi connectivity index (χ0v) is 15.8. The van der Waals surface area contributed by atoms with Crippen molar-refractivity contribution in [3.05, 3.63) is 91.0 Å². The summed E-state index contributed by atoms with van der Waals surface area (Å²) in [4.78, 5) is 2.45. The lowest BCUT2D eigenvalue weighted by Crippen LogP contribution is -2.36. The predicted molar refractivity (Wildman–Crippen MR) is 118 cm³/mol. The number of hydrogen-bond donors (Lipinski definition) is 0. The monoisotopic (exact) mass is 365 g/mol. The lowest BCUT2D eigenvalue weighted by atomic mass is 9.90. The van der Waals surface area contributed by atoms with Crippen LogP contribution in [0.1, 0.15) is 0 Å². The summed E-state index contributed by atoms with van der Waals surface area (Å²) in [7, 11) is 0. The molecule has 4 aromatic rings. The smallest absolute Gasteiger partial charge is 0.0642 e. The van der Waals surface area contributed by atoms with Gasteiger partial charge in [0.2, 0.25) is 0 Å². The van der Waals surface area contributed by atoms with E-state index in [1.807, 2.05) is 0 Å². The van der Waals surface area contributed by atoms with E-state index in [2.05, 4.69) is 95.9 Å². The summed E-state index contributed by atoms with van der Waals surface area (Å²) < 4.78 is 5.58. The second-order valence-corrected chi connectivity index (χ2v) is 7.23. The number of benzene rings is 4. The molecule has 0 aromatic heterocycles. The molecule has 28 heavy (non-hydrogen) atoms. The van der Waals surface area contributed by atoms with Gasteiger partial charge in [-0.3, -0.25) is 0 Å². The second-order valence-electron chi connectivity index (χ2n) is 7.23. The van der Waals surface area contributed by atoms with E-state index < -0.39 is 0 Å². The van der Waals surface area contributed by atoms with Crippen LogP contribution in [0.4, 0.5) is 5.69 Å². The molecule has 0 bridgehead atoms. The van der Waals surface area contributed by atoms with Crippen molar-refractivity contribution in [3.8, 4) is 22.3 Å². The van der Waals surface area contributed by atoms with E-state index in [-0.39, 0.29) is 0 Å². The van der Waals surface area contributed by atoms with Gasteiger partial charge in [-0.15, -0.1) is 0 Å². The molecule has 1 heterocycles. The van der Waals surface area contributed by atoms with E-state index in [1.165, 1.54) is 38.7 Å². The molecule has 0 saturated carbocycles. The van der Waals surface area contributed by atoms with Gasteiger partial charge in [-0.05, 0) is 45.7 Å². The number of para-hydroxylation sites is 1. The molecule has 2 nitrogen and oxygen atoms in total. The highest BCUT2D eigenvalue weighted by molar-refractivity contribution is 5.98. The fourth-order valence-electron chi connectivity index (χ4n) is 4.10. The van der Waals surface area contributed by atoms with Gasteiger partial charge in [-0.1, -0.05) is 72.8 Å². The van der Waals surface area contributed by atoms with Crippen LogP contribution in [0.5, 0.6) is 0 Å². The van der Waals surface area contributed by atoms with Crippen molar-refractivity contribution in [2.24, 2.45) is 0 Å². The van der Waals surface area contributed by atoms with Crippen LogP contribution >= 0.6 is 0 Å². The summed E-state index contributed by atoms with van der Waals surface area (Å²) in [5, 5.41) is 2.54. The molecular weight excluding hydrogens is 342 g/mol. The highest BCUT2D eigenvalue weighted by Crippen LogP contribution is 2.40. The number of anilines is 1. The molecule has 1 saturated heterocycles. The molecule has 0 radical (unpaired) electrons. The lowest BCUT2D eigenvalue weighted by Gasteiger charge is -2.31. The maximum absolute atomic E-state index is 5.58. The van der Waals surface area contributed by atoms with Crippen LogP contribution in [-0.2, 0) is 4.74 Å². The van der Waals surface area contributed by atoms with Gasteiger partial charge in [0.25, 0.3) is 0 Å². The van der Waals surface area contributed by atoms with E-state index in [0.29, 0.717) is 0 Å². The Balaban J connectivity index is 1.75. The summed E-state index contributed by atoms with van der Waals surface area (Å²) in [5.41, 5.74) is 6.39. The van der Waals surface area contributed by atoms with E-state index in [0.717, 1.165) is 26.3 Å². The number of hydrogen-bond acceptors (Lipinski definition) is 2. The first kappa shape index (κ1) is 17.0. The Morgan fingerprint density at radius 1 is 0.571 bits per heavy atom. The van der Waals surface area contributed by atoms with Gasteiger partial charge >= 0.3 is 0 Å². The van der Waals surface area contributed by atoms with Crippen molar-refractivity contribution >= 4 is 16.5 Å². The van der Waals surface area contributed by atoms with E-state index in [1.54, 1.807) is 0 Å². The minimum Gasteiger partial charge on any atom is -0.378 e. The van der Waals surface area contributed by atoms with Gasteiger partial charge in [0.15, 0.2) is 0 Å². The number of fused-ring (bicyclic) bond motifs is 1. The van der Waals surface area contributed by atoms with Crippen LogP contribution in [-0.4, -0.2) is 26.3 Å². The third kappa shape index (κ3) is 3.17. The molecule has 5 rings (SSSR count). The lowest BCUT2D eigenvalue weighted by molar-refractivity contribution is 0.123. The Morgan fingerprint density at radius 2 is 1.18 bits per heavy atom. The Bertz CT molecular complexity index is 1100. The minimum absolute atomic E-state index is 0.789. The summed E-state index contributed by atoms with van der Waals surface area (Å²) in [6.45, 7) is 3.45. The fraction of sp³-hybridized carbons (Fsp3) is 0.154. The van der Waals surface area contributed by atoms with Gasteiger partial charge in [-0.25, -0.2) is 0 Å². The molecule has 0 spiro atoms. The van der Waals surface area contributed by atoms with Crippen molar-refractivity contribution in [2.75, 3.05) is 31.2 Å². The molecule has 1 aliphatic heterocycles. The summed E-state index contributed by atoms with van der Waals surface area (Å²) >= 11 is 0. The predicted octanol–water partition coefficient (Wildman–Crippen LogP) is 6.01. The average molecular weight is 365 g/mol. The molecule has 0 aliphatic carbocycles. The SMILES string of the molecule is c1ccc(-c2cc3ccccc3cc2-c2ccccc2N2CCOCC2)cc1. The number of ether oxygens (including phenoxy) is 1. The Labute approximate surface area is 166 Å². The molecule has 0 unspecified atom stereocenters. The van der Waals surface area contributed by atoms with Crippen LogP contribution in [0, 0.1) is 0 Å². The summed E-state index contributed by atoms with van der Waals surface area (Å²) in [6.07, 6.45) is 0. The van der Waals surface area contributed by atoms with Crippen molar-refractivity contribution in [3.63, 3.8) is 0 Å². The molecule has 0 N–H and O–H groups in total. The molecule has 4 aromatic carbocycles. The van der Waals surface area contributed by atoms with Crippen molar-refractivity contribution in [1.29, 1.82) is 0 Å². The minimum atomic E-state index is 0.789. The highest BCUT2D eigenvalue weighted by atomic mass is 16.5. The largest absolute Gasteiger partial charge is 0.378 e. The average Bonchev–Trinajstić information content (AvgIpc) is 2.79. The second kappa shape index (κ2) is 7.49. The maximum Gasteiger partial charge on any atom is 0.0642 e. The van der Waals surface area contributed by atoms with Crippen LogP contribution in [0.15, 0.2) is 91.0 Å². The third-order valence-corrected chi connectivity index (χ3v) is 5.52. The summed E-state index contributed by atoms with van der Waals surface area (Å²) in [5.74, 6) is 0. The first-order valence-corrected chi connectivity index (χ1v) is 9.90. The molecule has 1 fully saturated rings.